The lowest BCUT2D eigenvalue weighted by atomic mass is 10.2. The van der Waals surface area contributed by atoms with E-state index in [-0.39, 0.29) is 19.0 Å². The molecule has 1 heterocycles. The molecule has 0 radical (unpaired) electrons. The summed E-state index contributed by atoms with van der Waals surface area (Å²) in [7, 11) is -3.65. The number of carbonyl (C=O) groups excluding carboxylic acids is 1. The van der Waals surface area contributed by atoms with Gasteiger partial charge in [0, 0.05) is 12.2 Å². The zero-order chi connectivity index (χ0) is 18.7. The molecule has 1 aliphatic rings. The number of carbonyl (C=O) groups is 1. The Labute approximate surface area is 150 Å². The first-order valence-corrected chi connectivity index (χ1v) is 9.55. The SMILES string of the molecule is CS(=O)(=O)N(CC(=O)Nc1cccc(F)c1)Cc1ccc2c(c1)OCO2. The number of hydrogen-bond acceptors (Lipinski definition) is 5. The second-order valence-electron chi connectivity index (χ2n) is 5.78. The van der Waals surface area contributed by atoms with Crippen LogP contribution in [0.3, 0.4) is 0 Å². The van der Waals surface area contributed by atoms with Gasteiger partial charge in [-0.05, 0) is 35.9 Å². The van der Waals surface area contributed by atoms with E-state index in [9.17, 15) is 17.6 Å². The van der Waals surface area contributed by atoms with Crippen LogP contribution < -0.4 is 14.8 Å². The van der Waals surface area contributed by atoms with Crippen LogP contribution in [0.2, 0.25) is 0 Å². The van der Waals surface area contributed by atoms with Gasteiger partial charge in [0.25, 0.3) is 0 Å². The molecule has 0 spiro atoms. The number of nitrogens with one attached hydrogen (secondary N) is 1. The second-order valence-corrected chi connectivity index (χ2v) is 7.76. The fourth-order valence-corrected chi connectivity index (χ4v) is 3.20. The molecule has 0 fully saturated rings. The summed E-state index contributed by atoms with van der Waals surface area (Å²) in [4.78, 5) is 12.2. The van der Waals surface area contributed by atoms with Crippen LogP contribution in [-0.2, 0) is 21.4 Å². The van der Waals surface area contributed by atoms with Crippen molar-refractivity contribution in [2.24, 2.45) is 0 Å². The molecule has 1 N–H and O–H groups in total. The summed E-state index contributed by atoms with van der Waals surface area (Å²) in [6, 6.07) is 10.4. The summed E-state index contributed by atoms with van der Waals surface area (Å²) < 4.78 is 48.8. The minimum absolute atomic E-state index is 0.00789. The Morgan fingerprint density at radius 2 is 1.96 bits per heavy atom. The van der Waals surface area contributed by atoms with Crippen LogP contribution >= 0.6 is 0 Å². The van der Waals surface area contributed by atoms with E-state index in [0.717, 1.165) is 16.6 Å². The van der Waals surface area contributed by atoms with E-state index in [1.54, 1.807) is 18.2 Å². The third kappa shape index (κ3) is 4.50. The van der Waals surface area contributed by atoms with Crippen molar-refractivity contribution in [2.45, 2.75) is 6.54 Å². The molecule has 1 aliphatic heterocycles. The number of anilines is 1. The van der Waals surface area contributed by atoms with E-state index in [4.69, 9.17) is 9.47 Å². The molecule has 2 aromatic rings. The number of fused-ring (bicyclic) bond motifs is 1. The number of benzene rings is 2. The standard InChI is InChI=1S/C17H17FN2O5S/c1-26(22,23)20(9-12-5-6-15-16(7-12)25-11-24-15)10-17(21)19-14-4-2-3-13(18)8-14/h2-8H,9-11H2,1H3,(H,19,21). The molecule has 138 valence electrons. The summed E-state index contributed by atoms with van der Waals surface area (Å²) >= 11 is 0. The normalized spacial score (nSPS) is 13.0. The molecule has 7 nitrogen and oxygen atoms in total. The summed E-state index contributed by atoms with van der Waals surface area (Å²) in [5.41, 5.74) is 0.907. The van der Waals surface area contributed by atoms with E-state index < -0.39 is 28.3 Å². The summed E-state index contributed by atoms with van der Waals surface area (Å²) in [6.07, 6.45) is 1.02. The molecule has 0 bridgehead atoms. The van der Waals surface area contributed by atoms with Gasteiger partial charge < -0.3 is 14.8 Å². The average Bonchev–Trinajstić information content (AvgIpc) is 3.01. The van der Waals surface area contributed by atoms with Crippen molar-refractivity contribution < 1.29 is 27.1 Å². The highest BCUT2D eigenvalue weighted by Gasteiger charge is 2.22. The Morgan fingerprint density at radius 3 is 2.69 bits per heavy atom. The molecule has 1 amide bonds. The van der Waals surface area contributed by atoms with Gasteiger partial charge in [-0.15, -0.1) is 0 Å². The lowest BCUT2D eigenvalue weighted by molar-refractivity contribution is -0.116. The van der Waals surface area contributed by atoms with Gasteiger partial charge in [-0.3, -0.25) is 4.79 Å². The number of rotatable bonds is 6. The monoisotopic (exact) mass is 380 g/mol. The smallest absolute Gasteiger partial charge is 0.239 e. The first-order valence-electron chi connectivity index (χ1n) is 7.70. The van der Waals surface area contributed by atoms with Crippen molar-refractivity contribution >= 4 is 21.6 Å². The molecule has 2 aromatic carbocycles. The van der Waals surface area contributed by atoms with Gasteiger partial charge in [-0.25, -0.2) is 12.8 Å². The lowest BCUT2D eigenvalue weighted by Crippen LogP contribution is -2.36. The molecule has 0 saturated heterocycles. The Kier molecular flexibility index (Phi) is 5.10. The highest BCUT2D eigenvalue weighted by Crippen LogP contribution is 2.32. The lowest BCUT2D eigenvalue weighted by Gasteiger charge is -2.19. The van der Waals surface area contributed by atoms with Gasteiger partial charge in [0.1, 0.15) is 5.82 Å². The van der Waals surface area contributed by atoms with Crippen LogP contribution in [-0.4, -0.2) is 38.2 Å². The number of nitrogens with zero attached hydrogens (tertiary/aromatic N) is 1. The zero-order valence-corrected chi connectivity index (χ0v) is 14.8. The fraction of sp³-hybridized carbons (Fsp3) is 0.235. The van der Waals surface area contributed by atoms with Gasteiger partial charge in [0.15, 0.2) is 11.5 Å². The molecule has 26 heavy (non-hydrogen) atoms. The average molecular weight is 380 g/mol. The van der Waals surface area contributed by atoms with E-state index in [2.05, 4.69) is 5.32 Å². The maximum Gasteiger partial charge on any atom is 0.239 e. The van der Waals surface area contributed by atoms with Gasteiger partial charge in [0.05, 0.1) is 12.8 Å². The summed E-state index contributed by atoms with van der Waals surface area (Å²) in [5, 5.41) is 2.48. The third-order valence-electron chi connectivity index (χ3n) is 3.69. The predicted octanol–water partition coefficient (Wildman–Crippen LogP) is 1.95. The Hall–Kier alpha value is -2.65. The van der Waals surface area contributed by atoms with Crippen molar-refractivity contribution in [3.05, 3.63) is 53.8 Å². The molecular weight excluding hydrogens is 363 g/mol. The van der Waals surface area contributed by atoms with Crippen molar-refractivity contribution in [1.29, 1.82) is 0 Å². The number of hydrogen-bond donors (Lipinski definition) is 1. The Balaban J connectivity index is 1.71. The molecule has 0 saturated carbocycles. The summed E-state index contributed by atoms with van der Waals surface area (Å²) in [5.74, 6) is 0.0496. The number of sulfonamides is 1. The quantitative estimate of drug-likeness (QED) is 0.828. The largest absolute Gasteiger partial charge is 0.454 e. The Bertz CT molecular complexity index is 933. The van der Waals surface area contributed by atoms with Crippen LogP contribution in [0, 0.1) is 5.82 Å². The van der Waals surface area contributed by atoms with E-state index in [1.807, 2.05) is 0 Å². The van der Waals surface area contributed by atoms with Gasteiger partial charge in [-0.1, -0.05) is 12.1 Å². The van der Waals surface area contributed by atoms with E-state index >= 15 is 0 Å². The number of amides is 1. The van der Waals surface area contributed by atoms with Crippen molar-refractivity contribution in [1.82, 2.24) is 4.31 Å². The van der Waals surface area contributed by atoms with Crippen molar-refractivity contribution in [3.63, 3.8) is 0 Å². The minimum atomic E-state index is -3.65. The van der Waals surface area contributed by atoms with Gasteiger partial charge >= 0.3 is 0 Å². The van der Waals surface area contributed by atoms with Crippen LogP contribution in [0.25, 0.3) is 0 Å². The Morgan fingerprint density at radius 1 is 1.19 bits per heavy atom. The maximum atomic E-state index is 13.2. The highest BCUT2D eigenvalue weighted by atomic mass is 32.2. The van der Waals surface area contributed by atoms with Crippen molar-refractivity contribution in [2.75, 3.05) is 24.9 Å². The molecule has 0 unspecified atom stereocenters. The molecule has 9 heteroatoms. The molecule has 3 rings (SSSR count). The fourth-order valence-electron chi connectivity index (χ4n) is 2.46. The van der Waals surface area contributed by atoms with Crippen LogP contribution in [0.4, 0.5) is 10.1 Å². The second kappa shape index (κ2) is 7.30. The van der Waals surface area contributed by atoms with E-state index in [0.29, 0.717) is 17.1 Å². The summed E-state index contributed by atoms with van der Waals surface area (Å²) in [6.45, 7) is -0.291. The van der Waals surface area contributed by atoms with Gasteiger partial charge in [0.2, 0.25) is 22.7 Å². The number of halogens is 1. The minimum Gasteiger partial charge on any atom is -0.454 e. The van der Waals surface area contributed by atoms with Crippen LogP contribution in [0.1, 0.15) is 5.56 Å². The molecular formula is C17H17FN2O5S. The van der Waals surface area contributed by atoms with E-state index in [1.165, 1.54) is 18.2 Å². The highest BCUT2D eigenvalue weighted by molar-refractivity contribution is 7.88. The molecule has 0 aromatic heterocycles. The van der Waals surface area contributed by atoms with Crippen LogP contribution in [0.5, 0.6) is 11.5 Å². The molecule has 0 atom stereocenters. The third-order valence-corrected chi connectivity index (χ3v) is 4.89. The topological polar surface area (TPSA) is 84.9 Å². The molecule has 0 aliphatic carbocycles. The first-order chi connectivity index (χ1) is 12.3. The van der Waals surface area contributed by atoms with Crippen LogP contribution in [0.15, 0.2) is 42.5 Å². The first kappa shape index (κ1) is 18.2. The zero-order valence-electron chi connectivity index (χ0n) is 13.9. The van der Waals surface area contributed by atoms with Crippen molar-refractivity contribution in [3.8, 4) is 11.5 Å². The maximum absolute atomic E-state index is 13.2. The van der Waals surface area contributed by atoms with Gasteiger partial charge in [-0.2, -0.15) is 4.31 Å². The predicted molar refractivity (Wildman–Crippen MR) is 92.8 cm³/mol. The number of ether oxygens (including phenoxy) is 2.